The molecule has 2 unspecified atom stereocenters. The second kappa shape index (κ2) is 1.83. The van der Waals surface area contributed by atoms with Gasteiger partial charge in [-0.2, -0.15) is 0 Å². The van der Waals surface area contributed by atoms with Gasteiger partial charge in [-0.1, -0.05) is 0 Å². The normalized spacial score (nSPS) is 32.9. The minimum atomic E-state index is -0.481. The molecule has 1 aliphatic rings. The van der Waals surface area contributed by atoms with Gasteiger partial charge >= 0.3 is 5.97 Å². The fourth-order valence-electron chi connectivity index (χ4n) is 0.940. The molecule has 0 radical (unpaired) electrons. The van der Waals surface area contributed by atoms with Crippen LogP contribution in [0.4, 0.5) is 0 Å². The van der Waals surface area contributed by atoms with Crippen molar-refractivity contribution in [2.45, 2.75) is 20.0 Å². The summed E-state index contributed by atoms with van der Waals surface area (Å²) in [6, 6.07) is 0. The summed E-state index contributed by atoms with van der Waals surface area (Å²) in [5, 5.41) is 0. The first-order valence-electron chi connectivity index (χ1n) is 2.84. The van der Waals surface area contributed by atoms with E-state index in [1.165, 1.54) is 6.92 Å². The zero-order valence-corrected chi connectivity index (χ0v) is 5.38. The van der Waals surface area contributed by atoms with Gasteiger partial charge in [-0.3, -0.25) is 9.59 Å². The molecule has 3 heteroatoms. The summed E-state index contributed by atoms with van der Waals surface area (Å²) in [5.41, 5.74) is 0. The molecule has 0 saturated carbocycles. The quantitative estimate of drug-likeness (QED) is 0.372. The van der Waals surface area contributed by atoms with Gasteiger partial charge in [0.05, 0.1) is 0 Å². The summed E-state index contributed by atoms with van der Waals surface area (Å²) in [4.78, 5) is 21.0. The van der Waals surface area contributed by atoms with E-state index in [-0.39, 0.29) is 17.9 Å². The number of carbonyl (C=O) groups is 2. The second-order valence-corrected chi connectivity index (χ2v) is 2.23. The van der Waals surface area contributed by atoms with Crippen molar-refractivity contribution in [1.82, 2.24) is 0 Å². The van der Waals surface area contributed by atoms with Crippen molar-refractivity contribution in [2.24, 2.45) is 5.92 Å². The number of rotatable bonds is 1. The smallest absolute Gasteiger partial charge is 0.320 e. The van der Waals surface area contributed by atoms with Gasteiger partial charge in [-0.25, -0.2) is 0 Å². The molecule has 0 N–H and O–H groups in total. The van der Waals surface area contributed by atoms with Crippen LogP contribution in [0.25, 0.3) is 0 Å². The molecule has 3 nitrogen and oxygen atoms in total. The first-order valence-corrected chi connectivity index (χ1v) is 2.84. The molecule has 0 aromatic rings. The Morgan fingerprint density at radius 2 is 2.22 bits per heavy atom. The van der Waals surface area contributed by atoms with Crippen LogP contribution in [0.1, 0.15) is 13.8 Å². The molecule has 0 amide bonds. The van der Waals surface area contributed by atoms with E-state index in [0.717, 1.165) is 0 Å². The van der Waals surface area contributed by atoms with E-state index in [1.807, 2.05) is 0 Å². The van der Waals surface area contributed by atoms with Gasteiger partial charge in [0.15, 0.2) is 5.92 Å². The number of esters is 1. The second-order valence-electron chi connectivity index (χ2n) is 2.23. The van der Waals surface area contributed by atoms with Crippen LogP contribution in [0.2, 0.25) is 0 Å². The molecule has 50 valence electrons. The first-order chi connectivity index (χ1) is 4.13. The molecule has 9 heavy (non-hydrogen) atoms. The number of ether oxygens (including phenoxy) is 1. The number of carbonyl (C=O) groups excluding carboxylic acids is 2. The molecular formula is C6H8O3. The summed E-state index contributed by atoms with van der Waals surface area (Å²) in [7, 11) is 0. The largest absolute Gasteiger partial charge is 0.461 e. The van der Waals surface area contributed by atoms with E-state index in [9.17, 15) is 9.59 Å². The number of hydrogen-bond acceptors (Lipinski definition) is 3. The average Bonchev–Trinajstić information content (AvgIpc) is 1.62. The zero-order valence-electron chi connectivity index (χ0n) is 5.38. The SMILES string of the molecule is CC(=O)C1C(=O)OC1C. The monoisotopic (exact) mass is 128 g/mol. The Morgan fingerprint density at radius 1 is 1.67 bits per heavy atom. The van der Waals surface area contributed by atoms with Gasteiger partial charge in [-0.05, 0) is 13.8 Å². The Bertz CT molecular complexity index is 154. The third-order valence-corrected chi connectivity index (χ3v) is 1.46. The van der Waals surface area contributed by atoms with Crippen LogP contribution >= 0.6 is 0 Å². The fourth-order valence-corrected chi connectivity index (χ4v) is 0.940. The van der Waals surface area contributed by atoms with Crippen LogP contribution < -0.4 is 0 Å². The van der Waals surface area contributed by atoms with Crippen molar-refractivity contribution in [3.63, 3.8) is 0 Å². The lowest BCUT2D eigenvalue weighted by atomic mass is 9.95. The van der Waals surface area contributed by atoms with Crippen LogP contribution in [-0.2, 0) is 14.3 Å². The molecule has 0 aromatic carbocycles. The fraction of sp³-hybridized carbons (Fsp3) is 0.667. The minimum Gasteiger partial charge on any atom is -0.461 e. The molecule has 1 heterocycles. The molecule has 1 rings (SSSR count). The molecule has 0 aromatic heterocycles. The van der Waals surface area contributed by atoms with E-state index in [2.05, 4.69) is 4.74 Å². The molecule has 0 aliphatic carbocycles. The van der Waals surface area contributed by atoms with E-state index in [0.29, 0.717) is 0 Å². The third kappa shape index (κ3) is 0.823. The number of Topliss-reactive ketones (excluding diaryl/α,β-unsaturated/α-hetero) is 1. The Kier molecular flexibility index (Phi) is 1.27. The summed E-state index contributed by atoms with van der Waals surface area (Å²) < 4.78 is 4.55. The molecule has 0 bridgehead atoms. The first kappa shape index (κ1) is 6.26. The number of ketones is 1. The van der Waals surface area contributed by atoms with E-state index in [4.69, 9.17) is 0 Å². The summed E-state index contributed by atoms with van der Waals surface area (Å²) in [6.07, 6.45) is -0.199. The summed E-state index contributed by atoms with van der Waals surface area (Å²) in [5.74, 6) is -0.959. The van der Waals surface area contributed by atoms with Crippen molar-refractivity contribution in [1.29, 1.82) is 0 Å². The van der Waals surface area contributed by atoms with Crippen molar-refractivity contribution < 1.29 is 14.3 Å². The van der Waals surface area contributed by atoms with Gasteiger partial charge in [0, 0.05) is 0 Å². The molecule has 1 fully saturated rings. The van der Waals surface area contributed by atoms with Crippen LogP contribution in [0.3, 0.4) is 0 Å². The van der Waals surface area contributed by atoms with E-state index in [1.54, 1.807) is 6.92 Å². The Labute approximate surface area is 53.0 Å². The molecule has 1 aliphatic heterocycles. The Balaban J connectivity index is 2.59. The lowest BCUT2D eigenvalue weighted by molar-refractivity contribution is -0.183. The maximum atomic E-state index is 10.5. The average molecular weight is 128 g/mol. The molecular weight excluding hydrogens is 120 g/mol. The van der Waals surface area contributed by atoms with Crippen LogP contribution in [0, 0.1) is 5.92 Å². The highest BCUT2D eigenvalue weighted by Gasteiger charge is 2.42. The van der Waals surface area contributed by atoms with Gasteiger partial charge in [-0.15, -0.1) is 0 Å². The lowest BCUT2D eigenvalue weighted by Gasteiger charge is -2.29. The predicted octanol–water partition coefficient (Wildman–Crippen LogP) is 0.137. The topological polar surface area (TPSA) is 43.4 Å². The zero-order chi connectivity index (χ0) is 7.02. The summed E-state index contributed by atoms with van der Waals surface area (Å²) in [6.45, 7) is 3.12. The highest BCUT2D eigenvalue weighted by Crippen LogP contribution is 2.21. The Morgan fingerprint density at radius 3 is 2.33 bits per heavy atom. The van der Waals surface area contributed by atoms with Crippen molar-refractivity contribution in [2.75, 3.05) is 0 Å². The van der Waals surface area contributed by atoms with Gasteiger partial charge < -0.3 is 4.74 Å². The number of cyclic esters (lactones) is 1. The van der Waals surface area contributed by atoms with Crippen LogP contribution in [0.5, 0.6) is 0 Å². The third-order valence-electron chi connectivity index (χ3n) is 1.46. The van der Waals surface area contributed by atoms with Crippen molar-refractivity contribution in [3.8, 4) is 0 Å². The van der Waals surface area contributed by atoms with E-state index < -0.39 is 5.92 Å². The van der Waals surface area contributed by atoms with Crippen molar-refractivity contribution >= 4 is 11.8 Å². The minimum absolute atomic E-state index is 0.0984. The van der Waals surface area contributed by atoms with E-state index >= 15 is 0 Å². The highest BCUT2D eigenvalue weighted by atomic mass is 16.6. The van der Waals surface area contributed by atoms with Crippen molar-refractivity contribution in [3.05, 3.63) is 0 Å². The maximum Gasteiger partial charge on any atom is 0.320 e. The van der Waals surface area contributed by atoms with Gasteiger partial charge in [0.2, 0.25) is 0 Å². The predicted molar refractivity (Wildman–Crippen MR) is 29.7 cm³/mol. The van der Waals surface area contributed by atoms with Crippen LogP contribution in [0.15, 0.2) is 0 Å². The Hall–Kier alpha value is -0.860. The van der Waals surface area contributed by atoms with Crippen LogP contribution in [-0.4, -0.2) is 17.9 Å². The maximum absolute atomic E-state index is 10.5. The molecule has 0 spiro atoms. The lowest BCUT2D eigenvalue weighted by Crippen LogP contribution is -2.46. The highest BCUT2D eigenvalue weighted by molar-refractivity contribution is 6.01. The molecule has 2 atom stereocenters. The van der Waals surface area contributed by atoms with Gasteiger partial charge in [0.25, 0.3) is 0 Å². The summed E-state index contributed by atoms with van der Waals surface area (Å²) >= 11 is 0. The standard InChI is InChI=1S/C6H8O3/c1-3(7)5-4(2)9-6(5)8/h4-5H,1-2H3. The number of hydrogen-bond donors (Lipinski definition) is 0. The van der Waals surface area contributed by atoms with Gasteiger partial charge in [0.1, 0.15) is 11.9 Å². The molecule has 1 saturated heterocycles.